The Labute approximate surface area is 157 Å². The monoisotopic (exact) mass is 376 g/mol. The normalized spacial score (nSPS) is 20.9. The topological polar surface area (TPSA) is 69.7 Å². The Morgan fingerprint density at radius 3 is 2.23 bits per heavy atom. The van der Waals surface area contributed by atoms with Crippen LogP contribution in [0.1, 0.15) is 38.7 Å². The SMILES string of the molecule is CCOC(=O)C1(C(=O)OCC)CC2=C(c3ccc(Cl)cc3)C(=O)C[C@H]2C1. The van der Waals surface area contributed by atoms with Gasteiger partial charge in [0.15, 0.2) is 11.2 Å². The third-order valence-electron chi connectivity index (χ3n) is 5.08. The fraction of sp³-hybridized carbons (Fsp3) is 0.450. The summed E-state index contributed by atoms with van der Waals surface area (Å²) in [4.78, 5) is 37.8. The standard InChI is InChI=1S/C20H21ClO5/c1-3-25-18(23)20(19(24)26-4-2)10-13-9-16(22)17(15(13)11-20)12-5-7-14(21)8-6-12/h5-8,13H,3-4,9-11H2,1-2H3/t13-/m0/s1. The first-order valence-electron chi connectivity index (χ1n) is 8.79. The van der Waals surface area contributed by atoms with Gasteiger partial charge in [0.1, 0.15) is 0 Å². The Balaban J connectivity index is 2.03. The quantitative estimate of drug-likeness (QED) is 0.580. The third kappa shape index (κ3) is 3.05. The molecule has 0 amide bonds. The van der Waals surface area contributed by atoms with Crippen molar-refractivity contribution in [1.29, 1.82) is 0 Å². The molecule has 0 saturated heterocycles. The number of hydrogen-bond acceptors (Lipinski definition) is 5. The molecule has 2 aliphatic carbocycles. The molecule has 0 spiro atoms. The zero-order chi connectivity index (χ0) is 18.9. The molecule has 0 heterocycles. The zero-order valence-electron chi connectivity index (χ0n) is 14.8. The molecule has 6 heteroatoms. The second-order valence-corrected chi connectivity index (χ2v) is 7.07. The van der Waals surface area contributed by atoms with Crippen molar-refractivity contribution in [3.8, 4) is 0 Å². The minimum Gasteiger partial charge on any atom is -0.465 e. The van der Waals surface area contributed by atoms with Crippen molar-refractivity contribution < 1.29 is 23.9 Å². The third-order valence-corrected chi connectivity index (χ3v) is 5.33. The van der Waals surface area contributed by atoms with E-state index in [2.05, 4.69) is 0 Å². The highest BCUT2D eigenvalue weighted by Gasteiger charge is 2.58. The molecule has 5 nitrogen and oxygen atoms in total. The highest BCUT2D eigenvalue weighted by atomic mass is 35.5. The summed E-state index contributed by atoms with van der Waals surface area (Å²) >= 11 is 5.94. The van der Waals surface area contributed by atoms with E-state index in [1.54, 1.807) is 38.1 Å². The largest absolute Gasteiger partial charge is 0.465 e. The molecule has 0 N–H and O–H groups in total. The van der Waals surface area contributed by atoms with Crippen LogP contribution >= 0.6 is 11.6 Å². The summed E-state index contributed by atoms with van der Waals surface area (Å²) in [6.07, 6.45) is 0.718. The second-order valence-electron chi connectivity index (χ2n) is 6.64. The van der Waals surface area contributed by atoms with Gasteiger partial charge in [-0.1, -0.05) is 29.3 Å². The number of fused-ring (bicyclic) bond motifs is 1. The molecule has 0 aromatic heterocycles. The van der Waals surface area contributed by atoms with Crippen LogP contribution < -0.4 is 0 Å². The smallest absolute Gasteiger partial charge is 0.323 e. The highest BCUT2D eigenvalue weighted by Crippen LogP contribution is 2.54. The molecule has 1 aromatic carbocycles. The van der Waals surface area contributed by atoms with Gasteiger partial charge >= 0.3 is 11.9 Å². The lowest BCUT2D eigenvalue weighted by Gasteiger charge is -2.24. The number of Topliss-reactive ketones (excluding diaryl/α,β-unsaturated/α-hetero) is 1. The Morgan fingerprint density at radius 2 is 1.69 bits per heavy atom. The van der Waals surface area contributed by atoms with Crippen molar-refractivity contribution in [3.63, 3.8) is 0 Å². The molecule has 3 rings (SSSR count). The molecular formula is C20H21ClO5. The first-order chi connectivity index (χ1) is 12.4. The molecular weight excluding hydrogens is 356 g/mol. The van der Waals surface area contributed by atoms with Gasteiger partial charge in [0.2, 0.25) is 0 Å². The van der Waals surface area contributed by atoms with Gasteiger partial charge in [0, 0.05) is 17.0 Å². The van der Waals surface area contributed by atoms with E-state index in [9.17, 15) is 14.4 Å². The molecule has 26 heavy (non-hydrogen) atoms. The Hall–Kier alpha value is -2.14. The zero-order valence-corrected chi connectivity index (χ0v) is 15.6. The fourth-order valence-electron chi connectivity index (χ4n) is 3.97. The van der Waals surface area contributed by atoms with Crippen molar-refractivity contribution in [3.05, 3.63) is 40.4 Å². The van der Waals surface area contributed by atoms with Crippen LogP contribution in [0.15, 0.2) is 29.8 Å². The molecule has 1 fully saturated rings. The maximum absolute atomic E-state index is 12.6. The van der Waals surface area contributed by atoms with Crippen LogP contribution in [-0.4, -0.2) is 30.9 Å². The molecule has 0 unspecified atom stereocenters. The van der Waals surface area contributed by atoms with Gasteiger partial charge in [0.25, 0.3) is 0 Å². The maximum Gasteiger partial charge on any atom is 0.323 e. The van der Waals surface area contributed by atoms with E-state index in [4.69, 9.17) is 21.1 Å². The lowest BCUT2D eigenvalue weighted by molar-refractivity contribution is -0.171. The minimum atomic E-state index is -1.36. The van der Waals surface area contributed by atoms with E-state index in [0.717, 1.165) is 11.1 Å². The van der Waals surface area contributed by atoms with Gasteiger partial charge < -0.3 is 9.47 Å². The van der Waals surface area contributed by atoms with Crippen LogP contribution in [0.2, 0.25) is 5.02 Å². The number of halogens is 1. The Bertz CT molecular complexity index is 760. The van der Waals surface area contributed by atoms with Crippen molar-refractivity contribution in [2.45, 2.75) is 33.1 Å². The van der Waals surface area contributed by atoms with E-state index in [0.29, 0.717) is 17.0 Å². The molecule has 1 atom stereocenters. The summed E-state index contributed by atoms with van der Waals surface area (Å²) in [5.41, 5.74) is 0.852. The number of esters is 2. The van der Waals surface area contributed by atoms with E-state index in [-0.39, 0.29) is 37.8 Å². The lowest BCUT2D eigenvalue weighted by atomic mass is 9.83. The first kappa shape index (κ1) is 18.6. The summed E-state index contributed by atoms with van der Waals surface area (Å²) in [5.74, 6) is -1.23. The van der Waals surface area contributed by atoms with Crippen molar-refractivity contribution in [2.24, 2.45) is 11.3 Å². The number of benzene rings is 1. The Kier molecular flexibility index (Phi) is 5.19. The van der Waals surface area contributed by atoms with E-state index < -0.39 is 17.4 Å². The van der Waals surface area contributed by atoms with Crippen LogP contribution in [0.5, 0.6) is 0 Å². The average Bonchev–Trinajstić information content (AvgIpc) is 3.11. The summed E-state index contributed by atoms with van der Waals surface area (Å²) in [6, 6.07) is 7.03. The number of carbonyl (C=O) groups excluding carboxylic acids is 3. The summed E-state index contributed by atoms with van der Waals surface area (Å²) in [6.45, 7) is 3.78. The second kappa shape index (κ2) is 7.23. The fourth-order valence-corrected chi connectivity index (χ4v) is 4.10. The van der Waals surface area contributed by atoms with Crippen molar-refractivity contribution in [1.82, 2.24) is 0 Å². The summed E-state index contributed by atoms with van der Waals surface area (Å²) in [5, 5.41) is 0.583. The number of ether oxygens (including phenoxy) is 2. The lowest BCUT2D eigenvalue weighted by Crippen LogP contribution is -2.40. The van der Waals surface area contributed by atoms with Gasteiger partial charge in [-0.25, -0.2) is 0 Å². The number of carbonyl (C=O) groups is 3. The van der Waals surface area contributed by atoms with Crippen LogP contribution in [0.25, 0.3) is 5.57 Å². The number of allylic oxidation sites excluding steroid dienone is 2. The van der Waals surface area contributed by atoms with Gasteiger partial charge in [0.05, 0.1) is 13.2 Å². The summed E-state index contributed by atoms with van der Waals surface area (Å²) < 4.78 is 10.4. The highest BCUT2D eigenvalue weighted by molar-refractivity contribution is 6.31. The van der Waals surface area contributed by atoms with Crippen molar-refractivity contribution >= 4 is 34.9 Å². The van der Waals surface area contributed by atoms with Gasteiger partial charge in [-0.3, -0.25) is 14.4 Å². The maximum atomic E-state index is 12.6. The predicted molar refractivity (Wildman–Crippen MR) is 96.4 cm³/mol. The molecule has 2 aliphatic rings. The minimum absolute atomic E-state index is 0.0358. The molecule has 1 aromatic rings. The molecule has 138 valence electrons. The van der Waals surface area contributed by atoms with Crippen molar-refractivity contribution in [2.75, 3.05) is 13.2 Å². The molecule has 0 radical (unpaired) electrons. The number of hydrogen-bond donors (Lipinski definition) is 0. The van der Waals surface area contributed by atoms with E-state index >= 15 is 0 Å². The van der Waals surface area contributed by atoms with Crippen LogP contribution in [0, 0.1) is 11.3 Å². The number of rotatable bonds is 5. The summed E-state index contributed by atoms with van der Waals surface area (Å²) in [7, 11) is 0. The molecule has 0 aliphatic heterocycles. The Morgan fingerprint density at radius 1 is 1.12 bits per heavy atom. The molecule has 0 bridgehead atoms. The van der Waals surface area contributed by atoms with Crippen LogP contribution in [0.4, 0.5) is 0 Å². The number of ketones is 1. The van der Waals surface area contributed by atoms with E-state index in [1.807, 2.05) is 0 Å². The average molecular weight is 377 g/mol. The predicted octanol–water partition coefficient (Wildman–Crippen LogP) is 3.59. The first-order valence-corrected chi connectivity index (χ1v) is 9.17. The van der Waals surface area contributed by atoms with E-state index in [1.165, 1.54) is 0 Å². The van der Waals surface area contributed by atoms with Gasteiger partial charge in [-0.15, -0.1) is 0 Å². The van der Waals surface area contributed by atoms with Gasteiger partial charge in [-0.2, -0.15) is 0 Å². The van der Waals surface area contributed by atoms with Crippen LogP contribution in [-0.2, 0) is 23.9 Å². The van der Waals surface area contributed by atoms with Gasteiger partial charge in [-0.05, 0) is 50.3 Å². The molecule has 1 saturated carbocycles. The van der Waals surface area contributed by atoms with Crippen LogP contribution in [0.3, 0.4) is 0 Å².